The van der Waals surface area contributed by atoms with Crippen LogP contribution in [0, 0.1) is 0 Å². The van der Waals surface area contributed by atoms with Crippen LogP contribution in [0.25, 0.3) is 0 Å². The molecule has 0 aromatic carbocycles. The summed E-state index contributed by atoms with van der Waals surface area (Å²) < 4.78 is -1.36. The molecule has 0 spiro atoms. The molecular weight excluding hydrogens is 235 g/mol. The molecule has 0 fully saturated rings. The van der Waals surface area contributed by atoms with Crippen molar-refractivity contribution in [2.75, 3.05) is 17.7 Å². The minimum absolute atomic E-state index is 0.326. The van der Waals surface area contributed by atoms with Crippen molar-refractivity contribution in [2.24, 2.45) is 0 Å². The quantitative estimate of drug-likeness (QED) is 0.325. The predicted molar refractivity (Wildman–Crippen MR) is 76.0 cm³/mol. The summed E-state index contributed by atoms with van der Waals surface area (Å²) in [6.45, 7) is 10.4. The van der Waals surface area contributed by atoms with E-state index in [-0.39, 0.29) is 0 Å². The second-order valence-corrected chi connectivity index (χ2v) is 16.4. The van der Waals surface area contributed by atoms with Gasteiger partial charge in [-0.2, -0.15) is 0 Å². The first kappa shape index (κ1) is 14.1. The Morgan fingerprint density at radius 2 is 2.08 bits per heavy atom. The summed E-state index contributed by atoms with van der Waals surface area (Å²) in [5.74, 6) is 2.34. The van der Waals surface area contributed by atoms with Crippen LogP contribution in [0.2, 0.25) is 0 Å². The van der Waals surface area contributed by atoms with Crippen LogP contribution in [0.1, 0.15) is 27.2 Å². The van der Waals surface area contributed by atoms with E-state index in [9.17, 15) is 0 Å². The highest BCUT2D eigenvalue weighted by Gasteiger charge is 2.31. The Kier molecular flexibility index (Phi) is 7.10. The van der Waals surface area contributed by atoms with Gasteiger partial charge >= 0.3 is 0 Å². The molecule has 0 aliphatic carbocycles. The monoisotopic (exact) mass is 255 g/mol. The fraction of sp³-hybridized carbons (Fsp3) is 0.778. The summed E-state index contributed by atoms with van der Waals surface area (Å²) in [6.07, 6.45) is 2.29. The highest BCUT2D eigenvalue weighted by molar-refractivity contribution is 8.95. The molecule has 78 valence electrons. The summed E-state index contributed by atoms with van der Waals surface area (Å²) in [4.78, 5) is 0. The standard InChI is InChI=1S/C9H19PS3/c1-5-7-13(8-9(3)4)10(11,12)6-2/h3,5-8H2,1-2,4H3/p+1. The van der Waals surface area contributed by atoms with Crippen molar-refractivity contribution in [3.8, 4) is 0 Å². The first-order chi connectivity index (χ1) is 5.94. The maximum atomic E-state index is 5.60. The summed E-state index contributed by atoms with van der Waals surface area (Å²) in [5.41, 5.74) is 1.26. The Bertz CT molecular complexity index is 213. The topological polar surface area (TPSA) is 0 Å². The van der Waals surface area contributed by atoms with Crippen LogP contribution in [-0.4, -0.2) is 17.7 Å². The van der Waals surface area contributed by atoms with E-state index in [2.05, 4.69) is 39.6 Å². The van der Waals surface area contributed by atoms with Crippen molar-refractivity contribution in [1.29, 1.82) is 0 Å². The van der Waals surface area contributed by atoms with Gasteiger partial charge in [0.15, 0.2) is 4.44 Å². The fourth-order valence-electron chi connectivity index (χ4n) is 1.02. The van der Waals surface area contributed by atoms with Crippen molar-refractivity contribution in [3.05, 3.63) is 12.2 Å². The van der Waals surface area contributed by atoms with Gasteiger partial charge in [-0.15, -0.1) is 0 Å². The van der Waals surface area contributed by atoms with Gasteiger partial charge < -0.3 is 0 Å². The van der Waals surface area contributed by atoms with Gasteiger partial charge in [-0.25, -0.2) is 0 Å². The first-order valence-corrected chi connectivity index (χ1v) is 10.9. The van der Waals surface area contributed by atoms with Crippen molar-refractivity contribution < 1.29 is 0 Å². The molecule has 13 heavy (non-hydrogen) atoms. The molecular formula is C9H20PS3+. The highest BCUT2D eigenvalue weighted by Crippen LogP contribution is 2.59. The molecule has 0 aliphatic rings. The van der Waals surface area contributed by atoms with Gasteiger partial charge in [0, 0.05) is 16.7 Å². The van der Waals surface area contributed by atoms with Gasteiger partial charge in [-0.1, -0.05) is 32.7 Å². The molecule has 0 nitrogen and oxygen atoms in total. The van der Waals surface area contributed by atoms with Crippen LogP contribution in [0.4, 0.5) is 0 Å². The lowest BCUT2D eigenvalue weighted by atomic mass is 10.4. The molecule has 0 N–H and O–H groups in total. The Morgan fingerprint density at radius 1 is 1.54 bits per heavy atom. The van der Waals surface area contributed by atoms with Crippen LogP contribution in [0.5, 0.6) is 0 Å². The maximum absolute atomic E-state index is 5.60. The maximum Gasteiger partial charge on any atom is 0.189 e. The zero-order chi connectivity index (χ0) is 10.5. The summed E-state index contributed by atoms with van der Waals surface area (Å²) in [6, 6.07) is 0. The predicted octanol–water partition coefficient (Wildman–Crippen LogP) is 3.85. The number of hydrogen-bond acceptors (Lipinski definition) is 1. The smallest absolute Gasteiger partial charge is 0.0955 e. The number of rotatable bonds is 6. The number of thiol groups is 1. The molecule has 0 radical (unpaired) electrons. The SMILES string of the molecule is C=C(C)C[S+](CCC)P(=S)(S)CC. The van der Waals surface area contributed by atoms with Crippen molar-refractivity contribution >= 4 is 39.0 Å². The second-order valence-electron chi connectivity index (χ2n) is 3.22. The van der Waals surface area contributed by atoms with Crippen molar-refractivity contribution in [1.82, 2.24) is 0 Å². The Morgan fingerprint density at radius 3 is 2.38 bits per heavy atom. The van der Waals surface area contributed by atoms with E-state index in [0.717, 1.165) is 11.9 Å². The second kappa shape index (κ2) is 6.55. The van der Waals surface area contributed by atoms with E-state index < -0.39 is 4.44 Å². The average molecular weight is 255 g/mol. The van der Waals surface area contributed by atoms with E-state index in [1.54, 1.807) is 0 Å². The Hall–Kier alpha value is 1.09. The lowest BCUT2D eigenvalue weighted by Crippen LogP contribution is -2.11. The fourth-order valence-corrected chi connectivity index (χ4v) is 9.22. The lowest BCUT2D eigenvalue weighted by molar-refractivity contribution is 1.10. The summed E-state index contributed by atoms with van der Waals surface area (Å²) in [7, 11) is 0.326. The molecule has 0 aromatic rings. The normalized spacial score (nSPS) is 17.8. The molecule has 2 atom stereocenters. The molecule has 4 heteroatoms. The van der Waals surface area contributed by atoms with E-state index >= 15 is 0 Å². The Balaban J connectivity index is 4.40. The molecule has 0 heterocycles. The highest BCUT2D eigenvalue weighted by atomic mass is 33.2. The third-order valence-corrected chi connectivity index (χ3v) is 14.7. The van der Waals surface area contributed by atoms with E-state index in [1.807, 2.05) is 0 Å². The van der Waals surface area contributed by atoms with Crippen molar-refractivity contribution in [3.63, 3.8) is 0 Å². The van der Waals surface area contributed by atoms with Gasteiger partial charge in [0.05, 0.1) is 0 Å². The number of hydrogen-bond donors (Lipinski definition) is 1. The van der Waals surface area contributed by atoms with Crippen LogP contribution in [-0.2, 0) is 22.3 Å². The van der Waals surface area contributed by atoms with Crippen LogP contribution in [0.3, 0.4) is 0 Å². The van der Waals surface area contributed by atoms with Gasteiger partial charge in [0.25, 0.3) is 0 Å². The lowest BCUT2D eigenvalue weighted by Gasteiger charge is -2.16. The molecule has 0 aliphatic heterocycles. The molecule has 0 amide bonds. The molecule has 0 aromatic heterocycles. The van der Waals surface area contributed by atoms with Crippen LogP contribution < -0.4 is 0 Å². The molecule has 0 bridgehead atoms. The minimum atomic E-state index is -1.36. The minimum Gasteiger partial charge on any atom is -0.0955 e. The van der Waals surface area contributed by atoms with Crippen LogP contribution >= 0.6 is 16.7 Å². The van der Waals surface area contributed by atoms with Crippen LogP contribution in [0.15, 0.2) is 12.2 Å². The first-order valence-electron chi connectivity index (χ1n) is 4.58. The molecule has 0 rings (SSSR count). The van der Waals surface area contributed by atoms with Gasteiger partial charge in [-0.3, -0.25) is 0 Å². The van der Waals surface area contributed by atoms with Gasteiger partial charge in [0.1, 0.15) is 11.5 Å². The van der Waals surface area contributed by atoms with E-state index in [0.29, 0.717) is 10.5 Å². The third-order valence-electron chi connectivity index (χ3n) is 1.66. The molecule has 2 unspecified atom stereocenters. The van der Waals surface area contributed by atoms with Gasteiger partial charge in [0.2, 0.25) is 0 Å². The average Bonchev–Trinajstić information content (AvgIpc) is 2.03. The summed E-state index contributed by atoms with van der Waals surface area (Å²) in [5, 5.41) is 0. The molecule has 0 saturated heterocycles. The molecule has 0 saturated carbocycles. The summed E-state index contributed by atoms with van der Waals surface area (Å²) >= 11 is 10.3. The zero-order valence-electron chi connectivity index (χ0n) is 8.75. The van der Waals surface area contributed by atoms with Crippen molar-refractivity contribution in [2.45, 2.75) is 27.2 Å². The Labute approximate surface area is 95.8 Å². The van der Waals surface area contributed by atoms with E-state index in [1.165, 1.54) is 17.7 Å². The largest absolute Gasteiger partial charge is 0.189 e. The van der Waals surface area contributed by atoms with E-state index in [4.69, 9.17) is 11.8 Å². The van der Waals surface area contributed by atoms with Gasteiger partial charge in [-0.05, 0) is 30.7 Å². The third kappa shape index (κ3) is 5.51. The zero-order valence-corrected chi connectivity index (χ0v) is 12.2.